The SMILES string of the molecule is COc1ccc(/C=C/C=C2\SC(=O)N(CC(=O)O)C2=O)cc1. The maximum atomic E-state index is 11.9. The second-order valence-corrected chi connectivity index (χ2v) is 5.31. The van der Waals surface area contributed by atoms with Gasteiger partial charge in [-0.2, -0.15) is 0 Å². The Hall–Kier alpha value is -2.54. The number of thioether (sulfide) groups is 1. The minimum Gasteiger partial charge on any atom is -0.497 e. The molecule has 22 heavy (non-hydrogen) atoms. The van der Waals surface area contributed by atoms with E-state index in [1.54, 1.807) is 31.4 Å². The molecule has 114 valence electrons. The molecular formula is C15H13NO5S. The van der Waals surface area contributed by atoms with Gasteiger partial charge in [0.05, 0.1) is 12.0 Å². The Labute approximate surface area is 131 Å². The third kappa shape index (κ3) is 3.76. The second-order valence-electron chi connectivity index (χ2n) is 4.32. The first-order valence-electron chi connectivity index (χ1n) is 6.29. The van der Waals surface area contributed by atoms with Gasteiger partial charge >= 0.3 is 5.97 Å². The molecule has 1 aromatic carbocycles. The first-order chi connectivity index (χ1) is 10.5. The molecule has 2 amide bonds. The Bertz CT molecular complexity index is 663. The maximum Gasteiger partial charge on any atom is 0.323 e. The van der Waals surface area contributed by atoms with Gasteiger partial charge in [0, 0.05) is 0 Å². The molecule has 2 rings (SSSR count). The number of rotatable bonds is 5. The fraction of sp³-hybridized carbons (Fsp3) is 0.133. The number of carboxylic acids is 1. The van der Waals surface area contributed by atoms with Gasteiger partial charge in [0.15, 0.2) is 0 Å². The lowest BCUT2D eigenvalue weighted by molar-refractivity contribution is -0.140. The molecule has 1 aromatic rings. The molecule has 1 aliphatic heterocycles. The molecule has 1 fully saturated rings. The van der Waals surface area contributed by atoms with E-state index in [1.807, 2.05) is 12.1 Å². The van der Waals surface area contributed by atoms with Gasteiger partial charge in [0.2, 0.25) is 0 Å². The van der Waals surface area contributed by atoms with Crippen LogP contribution in [0.5, 0.6) is 5.75 Å². The van der Waals surface area contributed by atoms with E-state index in [9.17, 15) is 14.4 Å². The summed E-state index contributed by atoms with van der Waals surface area (Å²) in [6, 6.07) is 7.31. The Morgan fingerprint density at radius 3 is 2.59 bits per heavy atom. The molecule has 0 saturated carbocycles. The summed E-state index contributed by atoms with van der Waals surface area (Å²) in [4.78, 5) is 35.0. The van der Waals surface area contributed by atoms with Crippen molar-refractivity contribution in [2.75, 3.05) is 13.7 Å². The topological polar surface area (TPSA) is 83.9 Å². The van der Waals surface area contributed by atoms with Crippen LogP contribution in [0.3, 0.4) is 0 Å². The van der Waals surface area contributed by atoms with Crippen LogP contribution in [0.1, 0.15) is 5.56 Å². The molecule has 0 atom stereocenters. The summed E-state index contributed by atoms with van der Waals surface area (Å²) in [5, 5.41) is 8.09. The number of methoxy groups -OCH3 is 1. The Kier molecular flexibility index (Phi) is 5.00. The van der Waals surface area contributed by atoms with E-state index in [0.717, 1.165) is 23.1 Å². The van der Waals surface area contributed by atoms with Crippen molar-refractivity contribution in [3.8, 4) is 5.75 Å². The summed E-state index contributed by atoms with van der Waals surface area (Å²) in [6.07, 6.45) is 4.90. The third-order valence-electron chi connectivity index (χ3n) is 2.82. The number of imide groups is 1. The minimum atomic E-state index is -1.22. The highest BCUT2D eigenvalue weighted by Crippen LogP contribution is 2.30. The fourth-order valence-corrected chi connectivity index (χ4v) is 2.54. The van der Waals surface area contributed by atoms with E-state index in [0.29, 0.717) is 4.90 Å². The van der Waals surface area contributed by atoms with Crippen molar-refractivity contribution in [1.82, 2.24) is 4.90 Å². The molecular weight excluding hydrogens is 306 g/mol. The van der Waals surface area contributed by atoms with Crippen LogP contribution in [-0.4, -0.2) is 40.8 Å². The molecule has 6 nitrogen and oxygen atoms in total. The number of carbonyl (C=O) groups is 3. The number of allylic oxidation sites excluding steroid dienone is 2. The molecule has 1 aliphatic rings. The average Bonchev–Trinajstić information content (AvgIpc) is 2.75. The quantitative estimate of drug-likeness (QED) is 0.839. The molecule has 0 bridgehead atoms. The Balaban J connectivity index is 2.06. The van der Waals surface area contributed by atoms with Gasteiger partial charge in [-0.05, 0) is 35.5 Å². The van der Waals surface area contributed by atoms with Gasteiger partial charge in [-0.15, -0.1) is 0 Å². The molecule has 0 radical (unpaired) electrons. The monoisotopic (exact) mass is 319 g/mol. The fourth-order valence-electron chi connectivity index (χ4n) is 1.75. The molecule has 0 aliphatic carbocycles. The van der Waals surface area contributed by atoms with Crippen molar-refractivity contribution >= 4 is 35.0 Å². The highest BCUT2D eigenvalue weighted by molar-refractivity contribution is 8.18. The van der Waals surface area contributed by atoms with Crippen molar-refractivity contribution in [2.24, 2.45) is 0 Å². The largest absolute Gasteiger partial charge is 0.497 e. The minimum absolute atomic E-state index is 0.205. The van der Waals surface area contributed by atoms with Crippen molar-refractivity contribution < 1.29 is 24.2 Å². The zero-order valence-corrected chi connectivity index (χ0v) is 12.5. The molecule has 1 heterocycles. The van der Waals surface area contributed by atoms with Gasteiger partial charge in [-0.25, -0.2) is 0 Å². The van der Waals surface area contributed by atoms with Gasteiger partial charge in [0.1, 0.15) is 12.3 Å². The predicted octanol–water partition coefficient (Wildman–Crippen LogP) is 2.37. The van der Waals surface area contributed by atoms with Gasteiger partial charge in [-0.1, -0.05) is 24.3 Å². The Morgan fingerprint density at radius 2 is 2.00 bits per heavy atom. The maximum absolute atomic E-state index is 11.9. The smallest absolute Gasteiger partial charge is 0.323 e. The van der Waals surface area contributed by atoms with E-state index >= 15 is 0 Å². The van der Waals surface area contributed by atoms with Crippen LogP contribution in [0.2, 0.25) is 0 Å². The van der Waals surface area contributed by atoms with Crippen LogP contribution in [0.25, 0.3) is 6.08 Å². The molecule has 0 aromatic heterocycles. The van der Waals surface area contributed by atoms with Crippen molar-refractivity contribution in [1.29, 1.82) is 0 Å². The second kappa shape index (κ2) is 6.95. The lowest BCUT2D eigenvalue weighted by Crippen LogP contribution is -2.33. The normalized spacial score (nSPS) is 16.8. The number of aliphatic carboxylic acids is 1. The summed E-state index contributed by atoms with van der Waals surface area (Å²) in [5.74, 6) is -1.07. The van der Waals surface area contributed by atoms with Crippen LogP contribution in [0.15, 0.2) is 41.3 Å². The zero-order valence-electron chi connectivity index (χ0n) is 11.7. The first-order valence-corrected chi connectivity index (χ1v) is 7.11. The summed E-state index contributed by atoms with van der Waals surface area (Å²) in [5.41, 5.74) is 0.904. The van der Waals surface area contributed by atoms with Crippen molar-refractivity contribution in [3.63, 3.8) is 0 Å². The Morgan fingerprint density at radius 1 is 1.32 bits per heavy atom. The average molecular weight is 319 g/mol. The number of hydrogen-bond acceptors (Lipinski definition) is 5. The van der Waals surface area contributed by atoms with E-state index in [1.165, 1.54) is 6.08 Å². The van der Waals surface area contributed by atoms with Gasteiger partial charge in [-0.3, -0.25) is 19.3 Å². The number of amides is 2. The number of carbonyl (C=O) groups excluding carboxylic acids is 2. The van der Waals surface area contributed by atoms with E-state index < -0.39 is 23.7 Å². The van der Waals surface area contributed by atoms with Crippen LogP contribution in [0, 0.1) is 0 Å². The van der Waals surface area contributed by atoms with E-state index in [2.05, 4.69) is 0 Å². The zero-order chi connectivity index (χ0) is 16.1. The number of ether oxygens (including phenoxy) is 1. The van der Waals surface area contributed by atoms with Crippen molar-refractivity contribution in [3.05, 3.63) is 46.9 Å². The van der Waals surface area contributed by atoms with Gasteiger partial charge in [0.25, 0.3) is 11.1 Å². The number of benzene rings is 1. The summed E-state index contributed by atoms with van der Waals surface area (Å²) < 4.78 is 5.05. The van der Waals surface area contributed by atoms with Crippen LogP contribution in [0.4, 0.5) is 4.79 Å². The molecule has 7 heteroatoms. The first kappa shape index (κ1) is 15.8. The standard InChI is InChI=1S/C15H13NO5S/c1-21-11-7-5-10(6-8-11)3-2-4-12-14(19)16(9-13(17)18)15(20)22-12/h2-8H,9H2,1H3,(H,17,18)/b3-2+,12-4-. The number of nitrogens with zero attached hydrogens (tertiary/aromatic N) is 1. The lowest BCUT2D eigenvalue weighted by Gasteiger charge is -2.07. The molecule has 1 saturated heterocycles. The van der Waals surface area contributed by atoms with Crippen LogP contribution < -0.4 is 4.74 Å². The van der Waals surface area contributed by atoms with Crippen LogP contribution >= 0.6 is 11.8 Å². The van der Waals surface area contributed by atoms with Crippen LogP contribution in [-0.2, 0) is 9.59 Å². The lowest BCUT2D eigenvalue weighted by atomic mass is 10.2. The van der Waals surface area contributed by atoms with E-state index in [4.69, 9.17) is 9.84 Å². The van der Waals surface area contributed by atoms with Gasteiger partial charge < -0.3 is 9.84 Å². The summed E-state index contributed by atoms with van der Waals surface area (Å²) >= 11 is 0.729. The molecule has 1 N–H and O–H groups in total. The number of carboxylic acid groups (broad SMARTS) is 1. The summed E-state index contributed by atoms with van der Waals surface area (Å²) in [7, 11) is 1.58. The highest BCUT2D eigenvalue weighted by atomic mass is 32.2. The predicted molar refractivity (Wildman–Crippen MR) is 82.4 cm³/mol. The molecule has 0 spiro atoms. The highest BCUT2D eigenvalue weighted by Gasteiger charge is 2.35. The summed E-state index contributed by atoms with van der Waals surface area (Å²) in [6.45, 7) is -0.621. The van der Waals surface area contributed by atoms with Crippen molar-refractivity contribution in [2.45, 2.75) is 0 Å². The van der Waals surface area contributed by atoms with E-state index in [-0.39, 0.29) is 4.91 Å². The molecule has 0 unspecified atom stereocenters. The third-order valence-corrected chi connectivity index (χ3v) is 3.74. The number of hydrogen-bond donors (Lipinski definition) is 1.